The molecule has 2 atom stereocenters. The number of nitrogens with two attached hydrogens (primary N) is 1. The predicted octanol–water partition coefficient (Wildman–Crippen LogP) is 7.83. The summed E-state index contributed by atoms with van der Waals surface area (Å²) in [4.78, 5) is 31.2. The normalized spacial score (nSPS) is 19.2. The van der Waals surface area contributed by atoms with Crippen molar-refractivity contribution in [3.8, 4) is 0 Å². The number of nitrogens with zero attached hydrogens (tertiary/aromatic N) is 2. The van der Waals surface area contributed by atoms with Gasteiger partial charge in [0.2, 0.25) is 0 Å². The lowest BCUT2D eigenvalue weighted by Gasteiger charge is -2.44. The quantitative estimate of drug-likeness (QED) is 0.261. The third-order valence-electron chi connectivity index (χ3n) is 7.05. The highest BCUT2D eigenvalue weighted by Crippen LogP contribution is 2.50. The molecule has 1 fully saturated rings. The van der Waals surface area contributed by atoms with E-state index >= 15 is 0 Å². The number of alkyl halides is 9. The van der Waals surface area contributed by atoms with Gasteiger partial charge >= 0.3 is 30.7 Å². The third-order valence-corrected chi connectivity index (χ3v) is 7.05. The zero-order valence-corrected chi connectivity index (χ0v) is 22.6. The van der Waals surface area contributed by atoms with Gasteiger partial charge in [0.25, 0.3) is 0 Å². The number of fused-ring (bicyclic) bond motifs is 1. The summed E-state index contributed by atoms with van der Waals surface area (Å²) >= 11 is 0. The molecule has 2 aromatic rings. The minimum atomic E-state index is -5.17. The van der Waals surface area contributed by atoms with Gasteiger partial charge in [0, 0.05) is 12.1 Å². The summed E-state index contributed by atoms with van der Waals surface area (Å²) < 4.78 is 127. The van der Waals surface area contributed by atoms with Crippen LogP contribution in [0.15, 0.2) is 36.4 Å². The lowest BCUT2D eigenvalue weighted by molar-refractivity contribution is -0.143. The number of benzene rings is 2. The summed E-state index contributed by atoms with van der Waals surface area (Å²) in [5.41, 5.74) is 0.217. The highest BCUT2D eigenvalue weighted by Gasteiger charge is 2.47. The first kappa shape index (κ1) is 32.1. The van der Waals surface area contributed by atoms with E-state index in [2.05, 4.69) is 0 Å². The second-order valence-electron chi connectivity index (χ2n) is 10.6. The molecule has 0 saturated heterocycles. The molecule has 1 aliphatic heterocycles. The van der Waals surface area contributed by atoms with Crippen LogP contribution in [0.4, 0.5) is 54.8 Å². The van der Waals surface area contributed by atoms with Crippen molar-refractivity contribution in [1.82, 2.24) is 4.90 Å². The standard InChI is InChI=1S/C27H26F9N3O4/c1-13(2)42-24(41)43-39-20-6-5-16(25(28,29)30)10-19(20)22(11-21(39)15-3-4-15)38(23(37)40)12-14-7-17(26(31,32)33)9-18(8-14)27(34,35)36/h5-10,13,15,21-22H,3-4,11-12H2,1-2H3,(H2,37,40)/t21-,22-/m0/s1. The molecule has 236 valence electrons. The summed E-state index contributed by atoms with van der Waals surface area (Å²) in [5.74, 6) is -0.162. The van der Waals surface area contributed by atoms with Crippen molar-refractivity contribution in [2.45, 2.75) is 76.4 Å². The number of halogens is 9. The number of hydrogen-bond donors (Lipinski definition) is 1. The fraction of sp³-hybridized carbons (Fsp3) is 0.481. The number of hydroxylamine groups is 1. The maximum atomic E-state index is 13.7. The SMILES string of the molecule is CC(C)OC(=O)ON1c2ccc(C(F)(F)F)cc2[C@@H](N(Cc2cc(C(F)(F)F)cc(C(F)(F)F)c2)C(N)=O)C[C@H]1C1CC1. The van der Waals surface area contributed by atoms with Crippen LogP contribution in [0, 0.1) is 5.92 Å². The van der Waals surface area contributed by atoms with E-state index in [0.29, 0.717) is 42.0 Å². The Balaban J connectivity index is 1.83. The van der Waals surface area contributed by atoms with Gasteiger partial charge in [0.1, 0.15) is 0 Å². The second-order valence-corrected chi connectivity index (χ2v) is 10.6. The van der Waals surface area contributed by atoms with Gasteiger partial charge in [-0.15, -0.1) is 0 Å². The lowest BCUT2D eigenvalue weighted by Crippen LogP contribution is -2.49. The number of anilines is 1. The van der Waals surface area contributed by atoms with E-state index in [1.807, 2.05) is 0 Å². The number of ether oxygens (including phenoxy) is 1. The fourth-order valence-electron chi connectivity index (χ4n) is 5.05. The van der Waals surface area contributed by atoms with Gasteiger partial charge in [0.15, 0.2) is 0 Å². The van der Waals surface area contributed by atoms with Crippen molar-refractivity contribution < 1.29 is 58.7 Å². The molecule has 4 rings (SSSR count). The predicted molar refractivity (Wildman–Crippen MR) is 132 cm³/mol. The monoisotopic (exact) mass is 627 g/mol. The molecule has 0 spiro atoms. The van der Waals surface area contributed by atoms with Crippen molar-refractivity contribution in [1.29, 1.82) is 0 Å². The van der Waals surface area contributed by atoms with E-state index in [4.69, 9.17) is 15.3 Å². The number of rotatable bonds is 6. The Morgan fingerprint density at radius 1 is 0.907 bits per heavy atom. The molecule has 0 radical (unpaired) electrons. The van der Waals surface area contributed by atoms with Crippen LogP contribution in [0.25, 0.3) is 0 Å². The number of carbonyl (C=O) groups excluding carboxylic acids is 2. The molecule has 2 amide bonds. The topological polar surface area (TPSA) is 85.1 Å². The van der Waals surface area contributed by atoms with E-state index in [1.165, 1.54) is 13.8 Å². The van der Waals surface area contributed by atoms with Gasteiger partial charge in [-0.2, -0.15) is 44.6 Å². The van der Waals surface area contributed by atoms with Gasteiger partial charge < -0.3 is 20.2 Å². The molecule has 0 bridgehead atoms. The first-order valence-electron chi connectivity index (χ1n) is 13.0. The van der Waals surface area contributed by atoms with Crippen LogP contribution in [0.5, 0.6) is 0 Å². The van der Waals surface area contributed by atoms with Crippen molar-refractivity contribution in [2.75, 3.05) is 5.06 Å². The summed E-state index contributed by atoms with van der Waals surface area (Å²) in [7, 11) is 0. The number of primary amides is 1. The molecular formula is C27H26F9N3O4. The van der Waals surface area contributed by atoms with E-state index < -0.39 is 77.7 Å². The summed E-state index contributed by atoms with van der Waals surface area (Å²) in [5, 5.41) is 1.08. The van der Waals surface area contributed by atoms with E-state index in [1.54, 1.807) is 0 Å². The molecule has 1 aliphatic carbocycles. The molecule has 2 aliphatic rings. The number of urea groups is 1. The van der Waals surface area contributed by atoms with E-state index in [0.717, 1.165) is 11.1 Å². The Morgan fingerprint density at radius 3 is 1.93 bits per heavy atom. The smallest absolute Gasteiger partial charge is 0.430 e. The molecule has 2 N–H and O–H groups in total. The maximum absolute atomic E-state index is 13.7. The highest BCUT2D eigenvalue weighted by atomic mass is 19.4. The van der Waals surface area contributed by atoms with Gasteiger partial charge in [-0.1, -0.05) is 0 Å². The van der Waals surface area contributed by atoms with Gasteiger partial charge in [-0.05, 0) is 81.0 Å². The Morgan fingerprint density at radius 2 is 1.47 bits per heavy atom. The molecule has 2 aromatic carbocycles. The molecule has 7 nitrogen and oxygen atoms in total. The van der Waals surface area contributed by atoms with Crippen LogP contribution < -0.4 is 10.8 Å². The maximum Gasteiger partial charge on any atom is 0.533 e. The second kappa shape index (κ2) is 11.3. The Kier molecular flexibility index (Phi) is 8.46. The minimum Gasteiger partial charge on any atom is -0.430 e. The molecule has 1 saturated carbocycles. The van der Waals surface area contributed by atoms with E-state index in [-0.39, 0.29) is 29.7 Å². The van der Waals surface area contributed by atoms with Crippen molar-refractivity contribution in [2.24, 2.45) is 11.7 Å². The van der Waals surface area contributed by atoms with E-state index in [9.17, 15) is 49.1 Å². The fourth-order valence-corrected chi connectivity index (χ4v) is 5.05. The first-order chi connectivity index (χ1) is 19.8. The zero-order chi connectivity index (χ0) is 32.1. The Hall–Kier alpha value is -3.85. The molecule has 1 heterocycles. The van der Waals surface area contributed by atoms with Crippen LogP contribution in [0.3, 0.4) is 0 Å². The van der Waals surface area contributed by atoms with Crippen LogP contribution in [-0.4, -0.2) is 29.2 Å². The number of hydrogen-bond acceptors (Lipinski definition) is 5. The first-order valence-corrected chi connectivity index (χ1v) is 13.0. The van der Waals surface area contributed by atoms with Gasteiger partial charge in [-0.25, -0.2) is 9.59 Å². The molecule has 0 aromatic heterocycles. The van der Waals surface area contributed by atoms with Gasteiger partial charge in [0.05, 0.1) is 40.6 Å². The van der Waals surface area contributed by atoms with Crippen molar-refractivity contribution in [3.63, 3.8) is 0 Å². The van der Waals surface area contributed by atoms with Gasteiger partial charge in [-0.3, -0.25) is 0 Å². The van der Waals surface area contributed by atoms with Crippen LogP contribution >= 0.6 is 0 Å². The summed E-state index contributed by atoms with van der Waals surface area (Å²) in [6, 6.07) is -0.238. The zero-order valence-electron chi connectivity index (χ0n) is 22.6. The molecule has 0 unspecified atom stereocenters. The number of carbonyl (C=O) groups is 2. The van der Waals surface area contributed by atoms with Crippen molar-refractivity contribution in [3.05, 3.63) is 64.2 Å². The summed E-state index contributed by atoms with van der Waals surface area (Å²) in [6.07, 6.45) is -15.9. The Bertz CT molecular complexity index is 1340. The largest absolute Gasteiger partial charge is 0.533 e. The van der Waals surface area contributed by atoms with Crippen LogP contribution in [0.1, 0.15) is 67.0 Å². The minimum absolute atomic E-state index is 0.0758. The summed E-state index contributed by atoms with van der Waals surface area (Å²) in [6.45, 7) is 2.19. The van der Waals surface area contributed by atoms with Crippen LogP contribution in [0.2, 0.25) is 0 Å². The molecule has 16 heteroatoms. The average molecular weight is 628 g/mol. The Labute approximate surface area is 239 Å². The number of amides is 2. The van der Waals surface area contributed by atoms with Crippen LogP contribution in [-0.2, 0) is 34.6 Å². The lowest BCUT2D eigenvalue weighted by atomic mass is 9.87. The average Bonchev–Trinajstić information content (AvgIpc) is 3.70. The molecule has 43 heavy (non-hydrogen) atoms. The third kappa shape index (κ3) is 7.39. The molecular weight excluding hydrogens is 601 g/mol. The highest BCUT2D eigenvalue weighted by molar-refractivity contribution is 5.74. The van der Waals surface area contributed by atoms with Crippen molar-refractivity contribution >= 4 is 17.9 Å².